The van der Waals surface area contributed by atoms with Crippen LogP contribution >= 0.6 is 0 Å². The van der Waals surface area contributed by atoms with E-state index in [0.717, 1.165) is 38.3 Å². The van der Waals surface area contributed by atoms with Gasteiger partial charge in [0.15, 0.2) is 0 Å². The quantitative estimate of drug-likeness (QED) is 0.547. The Kier molecular flexibility index (Phi) is 6.52. The zero-order valence-corrected chi connectivity index (χ0v) is 20.1. The van der Waals surface area contributed by atoms with Gasteiger partial charge in [-0.15, -0.1) is 0 Å². The molecular weight excluding hydrogens is 426 g/mol. The normalized spacial score (nSPS) is 18.5. The number of hydrogen-bond acceptors (Lipinski definition) is 6. The zero-order valence-electron chi connectivity index (χ0n) is 20.1. The second kappa shape index (κ2) is 9.87. The van der Waals surface area contributed by atoms with Gasteiger partial charge in [-0.05, 0) is 68.7 Å². The van der Waals surface area contributed by atoms with E-state index in [9.17, 15) is 4.79 Å². The number of anilines is 2. The largest absolute Gasteiger partial charge is 0.372 e. The molecule has 1 amide bonds. The van der Waals surface area contributed by atoms with E-state index >= 15 is 0 Å². The van der Waals surface area contributed by atoms with Crippen molar-refractivity contribution in [2.24, 2.45) is 0 Å². The minimum Gasteiger partial charge on any atom is -0.372 e. The molecule has 0 saturated carbocycles. The lowest BCUT2D eigenvalue weighted by molar-refractivity contribution is -0.132. The average molecular weight is 460 g/mol. The molecule has 0 aliphatic carbocycles. The highest BCUT2D eigenvalue weighted by molar-refractivity contribution is 5.77. The topological polar surface area (TPSA) is 65.7 Å². The predicted octanol–water partition coefficient (Wildman–Crippen LogP) is 4.32. The average Bonchev–Trinajstić information content (AvgIpc) is 3.55. The van der Waals surface area contributed by atoms with E-state index in [1.54, 1.807) is 0 Å². The van der Waals surface area contributed by atoms with Crippen molar-refractivity contribution in [1.82, 2.24) is 15.0 Å². The number of rotatable bonds is 6. The first-order chi connectivity index (χ1) is 16.6. The van der Waals surface area contributed by atoms with Crippen LogP contribution in [0, 0.1) is 6.92 Å². The van der Waals surface area contributed by atoms with Crippen LogP contribution in [0.4, 0.5) is 11.4 Å². The Labute approximate surface area is 201 Å². The Hall–Kier alpha value is -3.35. The maximum atomic E-state index is 12.9. The molecule has 0 N–H and O–H groups in total. The van der Waals surface area contributed by atoms with Gasteiger partial charge >= 0.3 is 0 Å². The molecule has 1 atom stereocenters. The van der Waals surface area contributed by atoms with Crippen LogP contribution in [-0.4, -0.2) is 59.7 Å². The number of hydrogen-bond donors (Lipinski definition) is 0. The molecule has 178 valence electrons. The third-order valence-electron chi connectivity index (χ3n) is 6.93. The summed E-state index contributed by atoms with van der Waals surface area (Å²) in [6.07, 6.45) is 3.36. The maximum Gasteiger partial charge on any atom is 0.227 e. The predicted molar refractivity (Wildman–Crippen MR) is 134 cm³/mol. The molecule has 0 unspecified atom stereocenters. The highest BCUT2D eigenvalue weighted by Gasteiger charge is 2.27. The summed E-state index contributed by atoms with van der Waals surface area (Å²) in [4.78, 5) is 24.1. The van der Waals surface area contributed by atoms with Gasteiger partial charge in [0.1, 0.15) is 0 Å². The molecule has 2 aromatic carbocycles. The second-order valence-corrected chi connectivity index (χ2v) is 9.47. The van der Waals surface area contributed by atoms with Crippen molar-refractivity contribution in [3.05, 3.63) is 60.0 Å². The molecule has 2 aliphatic rings. The molecule has 3 heterocycles. The van der Waals surface area contributed by atoms with Gasteiger partial charge < -0.3 is 19.2 Å². The smallest absolute Gasteiger partial charge is 0.227 e. The Bertz CT molecular complexity index is 1120. The summed E-state index contributed by atoms with van der Waals surface area (Å²) in [5.74, 6) is 1.24. The number of carbonyl (C=O) groups excluding carboxylic acids is 1. The van der Waals surface area contributed by atoms with Crippen molar-refractivity contribution in [1.29, 1.82) is 0 Å². The fourth-order valence-electron chi connectivity index (χ4n) is 5.02. The number of aromatic nitrogens is 2. The molecule has 1 aromatic heterocycles. The van der Waals surface area contributed by atoms with Gasteiger partial charge in [-0.2, -0.15) is 4.98 Å². The van der Waals surface area contributed by atoms with Crippen molar-refractivity contribution < 1.29 is 9.32 Å². The van der Waals surface area contributed by atoms with E-state index in [2.05, 4.69) is 70.2 Å². The molecular formula is C27H33N5O2. The van der Waals surface area contributed by atoms with Crippen molar-refractivity contribution in [2.75, 3.05) is 42.5 Å². The molecule has 0 bridgehead atoms. The number of piperazine rings is 1. The Morgan fingerprint density at radius 3 is 2.56 bits per heavy atom. The van der Waals surface area contributed by atoms with Crippen molar-refractivity contribution in [3.63, 3.8) is 0 Å². The van der Waals surface area contributed by atoms with Crippen LogP contribution in [-0.2, 0) is 11.2 Å². The summed E-state index contributed by atoms with van der Waals surface area (Å²) in [5.41, 5.74) is 4.66. The molecule has 0 spiro atoms. The number of nitrogens with zero attached hydrogens (tertiary/aromatic N) is 5. The summed E-state index contributed by atoms with van der Waals surface area (Å²) in [6.45, 7) is 8.84. The van der Waals surface area contributed by atoms with Crippen LogP contribution in [0.5, 0.6) is 0 Å². The summed E-state index contributed by atoms with van der Waals surface area (Å²) in [7, 11) is 0. The summed E-state index contributed by atoms with van der Waals surface area (Å²) >= 11 is 0. The number of benzene rings is 2. The van der Waals surface area contributed by atoms with Gasteiger partial charge in [0.2, 0.25) is 17.6 Å². The van der Waals surface area contributed by atoms with Crippen LogP contribution < -0.4 is 9.80 Å². The number of aryl methyl sites for hydroxylation is 2. The Balaban J connectivity index is 1.14. The molecule has 3 aromatic rings. The fraction of sp³-hybridized carbons (Fsp3) is 0.444. The Morgan fingerprint density at radius 2 is 1.82 bits per heavy atom. The van der Waals surface area contributed by atoms with Crippen LogP contribution in [0.1, 0.15) is 37.6 Å². The number of amides is 1. The zero-order chi connectivity index (χ0) is 23.5. The third-order valence-corrected chi connectivity index (χ3v) is 6.93. The monoisotopic (exact) mass is 459 g/mol. The lowest BCUT2D eigenvalue weighted by Gasteiger charge is -2.41. The molecule has 0 radical (unpaired) electrons. The van der Waals surface area contributed by atoms with E-state index in [-0.39, 0.29) is 11.9 Å². The van der Waals surface area contributed by atoms with Gasteiger partial charge in [-0.25, -0.2) is 0 Å². The van der Waals surface area contributed by atoms with Crippen molar-refractivity contribution >= 4 is 17.3 Å². The summed E-state index contributed by atoms with van der Waals surface area (Å²) in [5, 5.41) is 4.14. The molecule has 34 heavy (non-hydrogen) atoms. The van der Waals surface area contributed by atoms with Crippen LogP contribution in [0.2, 0.25) is 0 Å². The molecule has 2 fully saturated rings. The molecule has 2 saturated heterocycles. The van der Waals surface area contributed by atoms with E-state index < -0.39 is 0 Å². The highest BCUT2D eigenvalue weighted by atomic mass is 16.5. The standard InChI is InChI=1S/C27H33N5O2/c1-20-6-5-7-24(18-20)32-17-16-31(19-21(32)2)26(33)13-12-25-28-27(29-34-25)22-8-10-23(11-9-22)30-14-3-4-15-30/h5-11,18,21H,3-4,12-17,19H2,1-2H3/t21-/m1/s1. The lowest BCUT2D eigenvalue weighted by atomic mass is 10.1. The van der Waals surface area contributed by atoms with E-state index in [4.69, 9.17) is 4.52 Å². The fourth-order valence-corrected chi connectivity index (χ4v) is 5.02. The minimum atomic E-state index is 0.144. The maximum absolute atomic E-state index is 12.9. The first-order valence-corrected chi connectivity index (χ1v) is 12.4. The van der Waals surface area contributed by atoms with Crippen molar-refractivity contribution in [3.8, 4) is 11.4 Å². The summed E-state index contributed by atoms with van der Waals surface area (Å²) < 4.78 is 5.44. The second-order valence-electron chi connectivity index (χ2n) is 9.47. The molecule has 5 rings (SSSR count). The van der Waals surface area contributed by atoms with Gasteiger partial charge in [0.05, 0.1) is 0 Å². The van der Waals surface area contributed by atoms with Gasteiger partial charge in [0.25, 0.3) is 0 Å². The molecule has 2 aliphatic heterocycles. The van der Waals surface area contributed by atoms with Gasteiger partial charge in [0, 0.05) is 68.5 Å². The van der Waals surface area contributed by atoms with Crippen LogP contribution in [0.3, 0.4) is 0 Å². The Morgan fingerprint density at radius 1 is 1.03 bits per heavy atom. The SMILES string of the molecule is Cc1cccc(N2CCN(C(=O)CCc3nc(-c4ccc(N5CCCC5)cc4)no3)C[C@H]2C)c1. The third kappa shape index (κ3) is 4.93. The van der Waals surface area contributed by atoms with E-state index in [1.165, 1.54) is 29.8 Å². The number of carbonyl (C=O) groups is 1. The molecule has 7 nitrogen and oxygen atoms in total. The van der Waals surface area contributed by atoms with E-state index in [0.29, 0.717) is 24.6 Å². The minimum absolute atomic E-state index is 0.144. The first-order valence-electron chi connectivity index (χ1n) is 12.4. The van der Waals surface area contributed by atoms with Gasteiger partial charge in [-0.1, -0.05) is 17.3 Å². The summed E-state index contributed by atoms with van der Waals surface area (Å²) in [6, 6.07) is 17.2. The lowest BCUT2D eigenvalue weighted by Crippen LogP contribution is -2.53. The van der Waals surface area contributed by atoms with E-state index in [1.807, 2.05) is 17.0 Å². The molecule has 7 heteroatoms. The van der Waals surface area contributed by atoms with Crippen LogP contribution in [0.15, 0.2) is 53.1 Å². The first kappa shape index (κ1) is 22.4. The van der Waals surface area contributed by atoms with Crippen LogP contribution in [0.25, 0.3) is 11.4 Å². The van der Waals surface area contributed by atoms with Crippen molar-refractivity contribution in [2.45, 2.75) is 45.6 Å². The highest BCUT2D eigenvalue weighted by Crippen LogP contribution is 2.25. The van der Waals surface area contributed by atoms with Gasteiger partial charge in [-0.3, -0.25) is 4.79 Å².